The monoisotopic (exact) mass is 220 g/mol. The second kappa shape index (κ2) is 5.69. The number of hydrogen-bond donors (Lipinski definition) is 0. The fraction of sp³-hybridized carbons (Fsp3) is 0.500. The van der Waals surface area contributed by atoms with Gasteiger partial charge in [-0.2, -0.15) is 0 Å². The molecule has 2 heteroatoms. The molecule has 1 aromatic carbocycles. The van der Waals surface area contributed by atoms with Gasteiger partial charge in [-0.25, -0.2) is 0 Å². The molecule has 0 heterocycles. The van der Waals surface area contributed by atoms with Crippen molar-refractivity contribution in [2.75, 3.05) is 7.11 Å². The van der Waals surface area contributed by atoms with Gasteiger partial charge >= 0.3 is 0 Å². The van der Waals surface area contributed by atoms with Crippen LogP contribution in [0, 0.1) is 11.8 Å². The third kappa shape index (κ3) is 3.37. The van der Waals surface area contributed by atoms with Crippen LogP contribution in [0.1, 0.15) is 37.6 Å². The van der Waals surface area contributed by atoms with E-state index in [0.717, 1.165) is 11.3 Å². The van der Waals surface area contributed by atoms with Crippen molar-refractivity contribution < 1.29 is 9.53 Å². The van der Waals surface area contributed by atoms with E-state index in [0.29, 0.717) is 18.3 Å². The van der Waals surface area contributed by atoms with Gasteiger partial charge in [0.2, 0.25) is 0 Å². The van der Waals surface area contributed by atoms with Crippen molar-refractivity contribution in [2.24, 2.45) is 11.8 Å². The molecule has 0 amide bonds. The van der Waals surface area contributed by atoms with Gasteiger partial charge in [0, 0.05) is 12.0 Å². The van der Waals surface area contributed by atoms with Crippen LogP contribution in [0.2, 0.25) is 0 Å². The average molecular weight is 220 g/mol. The molecule has 1 unspecified atom stereocenters. The van der Waals surface area contributed by atoms with E-state index in [2.05, 4.69) is 20.8 Å². The molecule has 0 aromatic heterocycles. The quantitative estimate of drug-likeness (QED) is 0.709. The summed E-state index contributed by atoms with van der Waals surface area (Å²) in [7, 11) is 1.61. The van der Waals surface area contributed by atoms with Crippen LogP contribution in [0.25, 0.3) is 0 Å². The molecule has 0 aliphatic heterocycles. The van der Waals surface area contributed by atoms with Crippen LogP contribution in [0.3, 0.4) is 0 Å². The SMILES string of the molecule is COc1cccc(C(=O)CC(C)C(C)C)c1. The first-order chi connectivity index (χ1) is 7.54. The third-order valence-electron chi connectivity index (χ3n) is 3.04. The number of carbonyl (C=O) groups is 1. The predicted octanol–water partition coefficient (Wildman–Crippen LogP) is 3.56. The van der Waals surface area contributed by atoms with Gasteiger partial charge in [0.15, 0.2) is 5.78 Å². The van der Waals surface area contributed by atoms with Crippen molar-refractivity contribution in [1.82, 2.24) is 0 Å². The first kappa shape index (κ1) is 12.8. The molecule has 1 atom stereocenters. The number of hydrogen-bond acceptors (Lipinski definition) is 2. The molecule has 0 fully saturated rings. The van der Waals surface area contributed by atoms with Crippen LogP contribution in [0.4, 0.5) is 0 Å². The van der Waals surface area contributed by atoms with E-state index in [-0.39, 0.29) is 5.78 Å². The van der Waals surface area contributed by atoms with Crippen LogP contribution in [0.5, 0.6) is 5.75 Å². The average Bonchev–Trinajstić information content (AvgIpc) is 2.28. The smallest absolute Gasteiger partial charge is 0.163 e. The number of Topliss-reactive ketones (excluding diaryl/α,β-unsaturated/α-hetero) is 1. The summed E-state index contributed by atoms with van der Waals surface area (Å²) in [5.74, 6) is 1.89. The van der Waals surface area contributed by atoms with Crippen molar-refractivity contribution in [2.45, 2.75) is 27.2 Å². The van der Waals surface area contributed by atoms with E-state index in [4.69, 9.17) is 4.74 Å². The van der Waals surface area contributed by atoms with E-state index >= 15 is 0 Å². The lowest BCUT2D eigenvalue weighted by Gasteiger charge is -2.14. The number of rotatable bonds is 5. The van der Waals surface area contributed by atoms with E-state index in [1.165, 1.54) is 0 Å². The van der Waals surface area contributed by atoms with Gasteiger partial charge in [-0.05, 0) is 24.0 Å². The zero-order valence-electron chi connectivity index (χ0n) is 10.5. The van der Waals surface area contributed by atoms with Crippen LogP contribution < -0.4 is 4.74 Å². The van der Waals surface area contributed by atoms with Crippen LogP contribution in [-0.2, 0) is 0 Å². The summed E-state index contributed by atoms with van der Waals surface area (Å²) in [4.78, 5) is 12.0. The molecule has 0 N–H and O–H groups in total. The van der Waals surface area contributed by atoms with Gasteiger partial charge in [-0.3, -0.25) is 4.79 Å². The lowest BCUT2D eigenvalue weighted by Crippen LogP contribution is -2.11. The Bertz CT molecular complexity index is 356. The molecule has 0 aliphatic rings. The maximum Gasteiger partial charge on any atom is 0.163 e. The maximum absolute atomic E-state index is 12.0. The lowest BCUT2D eigenvalue weighted by molar-refractivity contribution is 0.0953. The highest BCUT2D eigenvalue weighted by atomic mass is 16.5. The molecule has 0 saturated heterocycles. The van der Waals surface area contributed by atoms with E-state index in [1.807, 2.05) is 18.2 Å². The third-order valence-corrected chi connectivity index (χ3v) is 3.04. The second-order valence-electron chi connectivity index (χ2n) is 4.58. The Morgan fingerprint density at radius 3 is 2.56 bits per heavy atom. The minimum absolute atomic E-state index is 0.195. The molecule has 16 heavy (non-hydrogen) atoms. The Morgan fingerprint density at radius 1 is 1.31 bits per heavy atom. The number of carbonyl (C=O) groups excluding carboxylic acids is 1. The van der Waals surface area contributed by atoms with Crippen molar-refractivity contribution in [1.29, 1.82) is 0 Å². The van der Waals surface area contributed by atoms with Crippen molar-refractivity contribution in [3.8, 4) is 5.75 Å². The Labute approximate surface area is 97.6 Å². The summed E-state index contributed by atoms with van der Waals surface area (Å²) < 4.78 is 5.11. The molecule has 1 aromatic rings. The molecule has 0 bridgehead atoms. The van der Waals surface area contributed by atoms with Gasteiger partial charge in [0.05, 0.1) is 7.11 Å². The Hall–Kier alpha value is -1.31. The van der Waals surface area contributed by atoms with Crippen LogP contribution in [0.15, 0.2) is 24.3 Å². The zero-order valence-corrected chi connectivity index (χ0v) is 10.5. The molecule has 1 rings (SSSR count). The van der Waals surface area contributed by atoms with Gasteiger partial charge in [0.25, 0.3) is 0 Å². The summed E-state index contributed by atoms with van der Waals surface area (Å²) in [6.07, 6.45) is 0.602. The molecule has 0 aliphatic carbocycles. The summed E-state index contributed by atoms with van der Waals surface area (Å²) in [6, 6.07) is 7.35. The van der Waals surface area contributed by atoms with Crippen molar-refractivity contribution in [3.05, 3.63) is 29.8 Å². The molecule has 2 nitrogen and oxygen atoms in total. The molecular weight excluding hydrogens is 200 g/mol. The zero-order chi connectivity index (χ0) is 12.1. The number of methoxy groups -OCH3 is 1. The van der Waals surface area contributed by atoms with Crippen LogP contribution >= 0.6 is 0 Å². The topological polar surface area (TPSA) is 26.3 Å². The maximum atomic E-state index is 12.0. The Balaban J connectivity index is 2.72. The standard InChI is InChI=1S/C14H20O2/c1-10(2)11(3)8-14(15)12-6-5-7-13(9-12)16-4/h5-7,9-11H,8H2,1-4H3. The van der Waals surface area contributed by atoms with Gasteiger partial charge in [0.1, 0.15) is 5.75 Å². The molecular formula is C14H20O2. The van der Waals surface area contributed by atoms with Gasteiger partial charge in [-0.15, -0.1) is 0 Å². The van der Waals surface area contributed by atoms with E-state index in [1.54, 1.807) is 13.2 Å². The summed E-state index contributed by atoms with van der Waals surface area (Å²) >= 11 is 0. The molecule has 88 valence electrons. The fourth-order valence-electron chi connectivity index (χ4n) is 1.44. The highest BCUT2D eigenvalue weighted by Crippen LogP contribution is 2.19. The lowest BCUT2D eigenvalue weighted by atomic mass is 9.91. The van der Waals surface area contributed by atoms with E-state index < -0.39 is 0 Å². The Kier molecular flexibility index (Phi) is 4.53. The minimum atomic E-state index is 0.195. The van der Waals surface area contributed by atoms with Crippen molar-refractivity contribution in [3.63, 3.8) is 0 Å². The van der Waals surface area contributed by atoms with E-state index in [9.17, 15) is 4.79 Å². The molecule has 0 radical (unpaired) electrons. The summed E-state index contributed by atoms with van der Waals surface area (Å²) in [5.41, 5.74) is 0.742. The van der Waals surface area contributed by atoms with Gasteiger partial charge < -0.3 is 4.74 Å². The number of benzene rings is 1. The van der Waals surface area contributed by atoms with Crippen LogP contribution in [-0.4, -0.2) is 12.9 Å². The normalized spacial score (nSPS) is 12.6. The fourth-order valence-corrected chi connectivity index (χ4v) is 1.44. The summed E-state index contributed by atoms with van der Waals surface area (Å²) in [6.45, 7) is 6.40. The molecule has 0 spiro atoms. The first-order valence-corrected chi connectivity index (χ1v) is 5.72. The Morgan fingerprint density at radius 2 is 2.00 bits per heavy atom. The number of ketones is 1. The van der Waals surface area contributed by atoms with Crippen molar-refractivity contribution >= 4 is 5.78 Å². The molecule has 0 saturated carbocycles. The highest BCUT2D eigenvalue weighted by Gasteiger charge is 2.14. The van der Waals surface area contributed by atoms with Gasteiger partial charge in [-0.1, -0.05) is 32.9 Å². The largest absolute Gasteiger partial charge is 0.497 e. The highest BCUT2D eigenvalue weighted by molar-refractivity contribution is 5.96. The predicted molar refractivity (Wildman–Crippen MR) is 65.9 cm³/mol. The first-order valence-electron chi connectivity index (χ1n) is 5.72. The number of ether oxygens (including phenoxy) is 1. The minimum Gasteiger partial charge on any atom is -0.497 e. The summed E-state index contributed by atoms with van der Waals surface area (Å²) in [5, 5.41) is 0. The second-order valence-corrected chi connectivity index (χ2v) is 4.58.